The first-order chi connectivity index (χ1) is 9.26. The van der Waals surface area contributed by atoms with Crippen LogP contribution in [0.5, 0.6) is 0 Å². The molecule has 2 fully saturated rings. The molecule has 0 amide bonds. The van der Waals surface area contributed by atoms with Gasteiger partial charge in [0, 0.05) is 24.8 Å². The van der Waals surface area contributed by atoms with Gasteiger partial charge in [0.15, 0.2) is 0 Å². The van der Waals surface area contributed by atoms with Gasteiger partial charge in [0.05, 0.1) is 12.2 Å². The van der Waals surface area contributed by atoms with Crippen LogP contribution in [0.2, 0.25) is 0 Å². The summed E-state index contributed by atoms with van der Waals surface area (Å²) in [5, 5.41) is 0. The predicted molar refractivity (Wildman–Crippen MR) is 78.3 cm³/mol. The Morgan fingerprint density at radius 1 is 1.16 bits per heavy atom. The molecule has 1 saturated heterocycles. The first-order valence-corrected chi connectivity index (χ1v) is 7.47. The summed E-state index contributed by atoms with van der Waals surface area (Å²) in [4.78, 5) is 2.53. The summed E-state index contributed by atoms with van der Waals surface area (Å²) in [6, 6.07) is 9.42. The normalized spacial score (nSPS) is 26.6. The maximum Gasteiger partial charge on any atom is 0.0754 e. The number of hydrogen-bond acceptors (Lipinski definition) is 3. The molecule has 3 rings (SSSR count). The number of benzene rings is 1. The molecule has 1 heterocycles. The minimum absolute atomic E-state index is 0.407. The van der Waals surface area contributed by atoms with Gasteiger partial charge in [-0.05, 0) is 50.3 Å². The number of nitrogens with two attached hydrogens (primary N) is 1. The molecule has 104 valence electrons. The zero-order chi connectivity index (χ0) is 13.2. The molecule has 0 radical (unpaired) electrons. The predicted octanol–water partition coefficient (Wildman–Crippen LogP) is 2.68. The van der Waals surface area contributed by atoms with E-state index in [1.54, 1.807) is 0 Å². The first-order valence-electron chi connectivity index (χ1n) is 7.47. The van der Waals surface area contributed by atoms with E-state index in [4.69, 9.17) is 10.5 Å². The second-order valence-electron chi connectivity index (χ2n) is 5.90. The third-order valence-electron chi connectivity index (χ3n) is 4.21. The van der Waals surface area contributed by atoms with E-state index in [-0.39, 0.29) is 0 Å². The van der Waals surface area contributed by atoms with E-state index in [2.05, 4.69) is 36.1 Å². The van der Waals surface area contributed by atoms with E-state index >= 15 is 0 Å². The summed E-state index contributed by atoms with van der Waals surface area (Å²) in [5.74, 6) is 0. The SMILES string of the molecule is CC1CCC(CN(c2ccc(CN)cc2)C2CC2)O1. The third kappa shape index (κ3) is 3.10. The van der Waals surface area contributed by atoms with E-state index in [0.717, 1.165) is 12.6 Å². The van der Waals surface area contributed by atoms with Crippen molar-refractivity contribution in [3.8, 4) is 0 Å². The fourth-order valence-electron chi connectivity index (χ4n) is 2.91. The second-order valence-corrected chi connectivity index (χ2v) is 5.90. The van der Waals surface area contributed by atoms with Crippen LogP contribution in [0, 0.1) is 0 Å². The summed E-state index contributed by atoms with van der Waals surface area (Å²) < 4.78 is 5.97. The van der Waals surface area contributed by atoms with Gasteiger partial charge in [-0.1, -0.05) is 12.1 Å². The molecule has 1 saturated carbocycles. The lowest BCUT2D eigenvalue weighted by molar-refractivity contribution is 0.0598. The van der Waals surface area contributed by atoms with Crippen LogP contribution >= 0.6 is 0 Å². The van der Waals surface area contributed by atoms with Crippen molar-refractivity contribution in [2.45, 2.75) is 57.4 Å². The van der Waals surface area contributed by atoms with Gasteiger partial charge >= 0.3 is 0 Å². The van der Waals surface area contributed by atoms with Crippen molar-refractivity contribution in [1.29, 1.82) is 0 Å². The highest BCUT2D eigenvalue weighted by Crippen LogP contribution is 2.33. The zero-order valence-corrected chi connectivity index (χ0v) is 11.7. The molecule has 0 bridgehead atoms. The van der Waals surface area contributed by atoms with Crippen LogP contribution in [0.15, 0.2) is 24.3 Å². The molecule has 1 aliphatic carbocycles. The van der Waals surface area contributed by atoms with Crippen molar-refractivity contribution in [2.75, 3.05) is 11.4 Å². The molecule has 1 aromatic carbocycles. The molecule has 0 aromatic heterocycles. The van der Waals surface area contributed by atoms with Gasteiger partial charge in [0.2, 0.25) is 0 Å². The van der Waals surface area contributed by atoms with Crippen LogP contribution in [0.25, 0.3) is 0 Å². The van der Waals surface area contributed by atoms with Gasteiger partial charge in [0.25, 0.3) is 0 Å². The summed E-state index contributed by atoms with van der Waals surface area (Å²) in [6.45, 7) is 3.83. The molecule has 2 unspecified atom stereocenters. The van der Waals surface area contributed by atoms with E-state index < -0.39 is 0 Å². The van der Waals surface area contributed by atoms with Crippen molar-refractivity contribution < 1.29 is 4.74 Å². The quantitative estimate of drug-likeness (QED) is 0.884. The summed E-state index contributed by atoms with van der Waals surface area (Å²) in [7, 11) is 0. The highest BCUT2D eigenvalue weighted by Gasteiger charge is 2.33. The van der Waals surface area contributed by atoms with Gasteiger partial charge in [0.1, 0.15) is 0 Å². The van der Waals surface area contributed by atoms with Crippen LogP contribution in [0.1, 0.15) is 38.2 Å². The Labute approximate surface area is 115 Å². The fraction of sp³-hybridized carbons (Fsp3) is 0.625. The Morgan fingerprint density at radius 3 is 2.42 bits per heavy atom. The van der Waals surface area contributed by atoms with Gasteiger partial charge in [-0.2, -0.15) is 0 Å². The molecule has 0 spiro atoms. The molecular formula is C16H24N2O. The van der Waals surface area contributed by atoms with E-state index in [1.165, 1.54) is 36.9 Å². The van der Waals surface area contributed by atoms with Crippen molar-refractivity contribution in [3.63, 3.8) is 0 Å². The fourth-order valence-corrected chi connectivity index (χ4v) is 2.91. The van der Waals surface area contributed by atoms with E-state index in [1.807, 2.05) is 0 Å². The molecule has 1 aromatic rings. The van der Waals surface area contributed by atoms with Crippen LogP contribution in [0.3, 0.4) is 0 Å². The maximum absolute atomic E-state index is 5.97. The Hall–Kier alpha value is -1.06. The minimum Gasteiger partial charge on any atom is -0.373 e. The average Bonchev–Trinajstić information content (AvgIpc) is 3.20. The highest BCUT2D eigenvalue weighted by molar-refractivity contribution is 5.50. The summed E-state index contributed by atoms with van der Waals surface area (Å²) >= 11 is 0. The highest BCUT2D eigenvalue weighted by atomic mass is 16.5. The molecule has 2 aliphatic rings. The van der Waals surface area contributed by atoms with Crippen LogP contribution < -0.4 is 10.6 Å². The molecule has 2 N–H and O–H groups in total. The monoisotopic (exact) mass is 260 g/mol. The molecule has 1 aliphatic heterocycles. The Morgan fingerprint density at radius 2 is 1.89 bits per heavy atom. The number of anilines is 1. The zero-order valence-electron chi connectivity index (χ0n) is 11.7. The molecular weight excluding hydrogens is 236 g/mol. The Bertz CT molecular complexity index is 413. The topological polar surface area (TPSA) is 38.5 Å². The second kappa shape index (κ2) is 5.51. The lowest BCUT2D eigenvalue weighted by Gasteiger charge is -2.28. The van der Waals surface area contributed by atoms with Gasteiger partial charge in [-0.25, -0.2) is 0 Å². The largest absolute Gasteiger partial charge is 0.373 e. The standard InChI is InChI=1S/C16H24N2O/c1-12-2-9-16(19-12)11-18(15-7-8-15)14-5-3-13(10-17)4-6-14/h3-6,12,15-16H,2,7-11,17H2,1H3. The van der Waals surface area contributed by atoms with Crippen molar-refractivity contribution in [1.82, 2.24) is 0 Å². The van der Waals surface area contributed by atoms with Gasteiger partial charge in [-0.15, -0.1) is 0 Å². The summed E-state index contributed by atoms with van der Waals surface area (Å²) in [5.41, 5.74) is 8.18. The summed E-state index contributed by atoms with van der Waals surface area (Å²) in [6.07, 6.45) is 5.89. The number of nitrogens with zero attached hydrogens (tertiary/aromatic N) is 1. The van der Waals surface area contributed by atoms with Crippen LogP contribution in [0.4, 0.5) is 5.69 Å². The minimum atomic E-state index is 0.407. The Kier molecular flexibility index (Phi) is 3.76. The smallest absolute Gasteiger partial charge is 0.0754 e. The lowest BCUT2D eigenvalue weighted by atomic mass is 10.1. The first kappa shape index (κ1) is 12.9. The molecule has 3 nitrogen and oxygen atoms in total. The lowest BCUT2D eigenvalue weighted by Crippen LogP contribution is -2.34. The Balaban J connectivity index is 1.69. The maximum atomic E-state index is 5.97. The van der Waals surface area contributed by atoms with Crippen LogP contribution in [-0.2, 0) is 11.3 Å². The van der Waals surface area contributed by atoms with E-state index in [0.29, 0.717) is 18.8 Å². The number of ether oxygens (including phenoxy) is 1. The van der Waals surface area contributed by atoms with Crippen LogP contribution in [-0.4, -0.2) is 24.8 Å². The van der Waals surface area contributed by atoms with Gasteiger partial charge in [-0.3, -0.25) is 0 Å². The van der Waals surface area contributed by atoms with Gasteiger partial charge < -0.3 is 15.4 Å². The van der Waals surface area contributed by atoms with Crippen molar-refractivity contribution in [2.24, 2.45) is 5.73 Å². The molecule has 3 heteroatoms. The molecule has 19 heavy (non-hydrogen) atoms. The number of rotatable bonds is 5. The molecule has 2 atom stereocenters. The third-order valence-corrected chi connectivity index (χ3v) is 4.21. The average molecular weight is 260 g/mol. The number of hydrogen-bond donors (Lipinski definition) is 1. The van der Waals surface area contributed by atoms with Crippen molar-refractivity contribution in [3.05, 3.63) is 29.8 Å². The van der Waals surface area contributed by atoms with Crippen molar-refractivity contribution >= 4 is 5.69 Å². The van der Waals surface area contributed by atoms with E-state index in [9.17, 15) is 0 Å².